The van der Waals surface area contributed by atoms with Crippen LogP contribution in [0.3, 0.4) is 0 Å². The fourth-order valence-electron chi connectivity index (χ4n) is 3.87. The number of nitrogens with one attached hydrogen (secondary N) is 1. The minimum Gasteiger partial charge on any atom is -0.477 e. The normalized spacial score (nSPS) is 29.1. The maximum absolute atomic E-state index is 12.5. The Balaban J connectivity index is 1.41. The fourth-order valence-corrected chi connectivity index (χ4v) is 3.87. The molecule has 1 aliphatic carbocycles. The third kappa shape index (κ3) is 2.85. The van der Waals surface area contributed by atoms with Crippen LogP contribution in [0.4, 0.5) is 0 Å². The average molecular weight is 329 g/mol. The first-order valence-electron chi connectivity index (χ1n) is 8.77. The first-order chi connectivity index (χ1) is 11.7. The van der Waals surface area contributed by atoms with Gasteiger partial charge in [0.2, 0.25) is 17.7 Å². The van der Waals surface area contributed by atoms with E-state index < -0.39 is 5.41 Å². The standard InChI is InChI=1S/C18H23N3O3/c22-16(9-13-4-5-13)21-8-6-18(12-21)14(10-20-17(18)23)11-24-15-3-1-2-7-19-15/h1-3,7,13-14H,4-6,8-12H2,(H,20,23)/t14-,18-/m1/s1. The van der Waals surface area contributed by atoms with Gasteiger partial charge in [0.1, 0.15) is 0 Å². The van der Waals surface area contributed by atoms with Gasteiger partial charge in [-0.2, -0.15) is 0 Å². The number of carbonyl (C=O) groups is 2. The molecule has 0 unspecified atom stereocenters. The number of carbonyl (C=O) groups excluding carboxylic acids is 2. The third-order valence-corrected chi connectivity index (χ3v) is 5.63. The maximum atomic E-state index is 12.5. The number of hydrogen-bond acceptors (Lipinski definition) is 4. The van der Waals surface area contributed by atoms with Crippen molar-refractivity contribution in [1.82, 2.24) is 15.2 Å². The first kappa shape index (κ1) is 15.4. The summed E-state index contributed by atoms with van der Waals surface area (Å²) in [6, 6.07) is 5.54. The van der Waals surface area contributed by atoms with Crippen LogP contribution in [-0.4, -0.2) is 47.9 Å². The molecule has 2 amide bonds. The Hall–Kier alpha value is -2.11. The highest BCUT2D eigenvalue weighted by Crippen LogP contribution is 2.42. The molecule has 1 saturated carbocycles. The highest BCUT2D eigenvalue weighted by atomic mass is 16.5. The number of hydrogen-bond donors (Lipinski definition) is 1. The summed E-state index contributed by atoms with van der Waals surface area (Å²) in [5, 5.41) is 2.97. The van der Waals surface area contributed by atoms with Gasteiger partial charge in [0.25, 0.3) is 0 Å². The number of amides is 2. The van der Waals surface area contributed by atoms with Gasteiger partial charge in [-0.15, -0.1) is 0 Å². The van der Waals surface area contributed by atoms with E-state index in [1.165, 1.54) is 12.8 Å². The van der Waals surface area contributed by atoms with E-state index in [1.54, 1.807) is 6.20 Å². The van der Waals surface area contributed by atoms with Gasteiger partial charge < -0.3 is 15.0 Å². The molecule has 0 aromatic carbocycles. The number of pyridine rings is 1. The molecule has 3 aliphatic rings. The number of aromatic nitrogens is 1. The third-order valence-electron chi connectivity index (χ3n) is 5.63. The molecule has 4 rings (SSSR count). The summed E-state index contributed by atoms with van der Waals surface area (Å²) < 4.78 is 5.79. The van der Waals surface area contributed by atoms with Crippen LogP contribution >= 0.6 is 0 Å². The lowest BCUT2D eigenvalue weighted by Gasteiger charge is -2.28. The molecule has 1 N–H and O–H groups in total. The molecule has 2 atom stereocenters. The van der Waals surface area contributed by atoms with E-state index in [0.29, 0.717) is 44.5 Å². The summed E-state index contributed by atoms with van der Waals surface area (Å²) in [7, 11) is 0. The van der Waals surface area contributed by atoms with Crippen LogP contribution in [0.5, 0.6) is 5.88 Å². The number of nitrogens with zero attached hydrogens (tertiary/aromatic N) is 2. The van der Waals surface area contributed by atoms with E-state index in [4.69, 9.17) is 4.74 Å². The molecule has 1 spiro atoms. The van der Waals surface area contributed by atoms with Crippen LogP contribution in [0.25, 0.3) is 0 Å². The number of rotatable bonds is 5. The van der Waals surface area contributed by atoms with Crippen molar-refractivity contribution in [3.8, 4) is 5.88 Å². The lowest BCUT2D eigenvalue weighted by molar-refractivity contribution is -0.132. The van der Waals surface area contributed by atoms with E-state index in [9.17, 15) is 9.59 Å². The van der Waals surface area contributed by atoms with Gasteiger partial charge in [0.05, 0.1) is 12.0 Å². The zero-order valence-electron chi connectivity index (χ0n) is 13.7. The average Bonchev–Trinajstić information content (AvgIpc) is 3.21. The number of ether oxygens (including phenoxy) is 1. The summed E-state index contributed by atoms with van der Waals surface area (Å²) in [5.74, 6) is 1.50. The zero-order chi connectivity index (χ0) is 16.6. The minimum absolute atomic E-state index is 0.0684. The maximum Gasteiger partial charge on any atom is 0.228 e. The second kappa shape index (κ2) is 6.07. The van der Waals surface area contributed by atoms with Crippen molar-refractivity contribution >= 4 is 11.8 Å². The fraction of sp³-hybridized carbons (Fsp3) is 0.611. The van der Waals surface area contributed by atoms with Crippen molar-refractivity contribution in [3.63, 3.8) is 0 Å². The molecule has 0 radical (unpaired) electrons. The zero-order valence-corrected chi connectivity index (χ0v) is 13.7. The van der Waals surface area contributed by atoms with Gasteiger partial charge in [-0.25, -0.2) is 4.98 Å². The molecule has 3 heterocycles. The second-order valence-electron chi connectivity index (χ2n) is 7.25. The van der Waals surface area contributed by atoms with Crippen LogP contribution in [0.15, 0.2) is 24.4 Å². The van der Waals surface area contributed by atoms with Crippen molar-refractivity contribution in [2.24, 2.45) is 17.3 Å². The van der Waals surface area contributed by atoms with Crippen molar-refractivity contribution < 1.29 is 14.3 Å². The number of likely N-dealkylation sites (tertiary alicyclic amines) is 1. The van der Waals surface area contributed by atoms with E-state index in [1.807, 2.05) is 23.1 Å². The van der Waals surface area contributed by atoms with Gasteiger partial charge in [0.15, 0.2) is 0 Å². The van der Waals surface area contributed by atoms with E-state index in [2.05, 4.69) is 10.3 Å². The predicted molar refractivity (Wildman–Crippen MR) is 87.2 cm³/mol. The lowest BCUT2D eigenvalue weighted by atomic mass is 9.77. The van der Waals surface area contributed by atoms with Gasteiger partial charge in [0, 0.05) is 44.2 Å². The van der Waals surface area contributed by atoms with E-state index in [0.717, 1.165) is 6.42 Å². The molecule has 2 aliphatic heterocycles. The molecular formula is C18H23N3O3. The van der Waals surface area contributed by atoms with Crippen molar-refractivity contribution in [2.75, 3.05) is 26.2 Å². The Kier molecular flexibility index (Phi) is 3.90. The molecule has 1 aromatic heterocycles. The van der Waals surface area contributed by atoms with Crippen molar-refractivity contribution in [2.45, 2.75) is 25.7 Å². The highest BCUT2D eigenvalue weighted by molar-refractivity contribution is 5.87. The Morgan fingerprint density at radius 1 is 1.42 bits per heavy atom. The highest BCUT2D eigenvalue weighted by Gasteiger charge is 2.55. The van der Waals surface area contributed by atoms with Gasteiger partial charge in [-0.1, -0.05) is 6.07 Å². The lowest BCUT2D eigenvalue weighted by Crippen LogP contribution is -2.41. The van der Waals surface area contributed by atoms with Gasteiger partial charge in [-0.05, 0) is 31.2 Å². The monoisotopic (exact) mass is 329 g/mol. The SMILES string of the molecule is O=C(CC1CC1)N1CC[C@]2(C1)C(=O)NC[C@@H]2COc1ccccn1. The van der Waals surface area contributed by atoms with E-state index in [-0.39, 0.29) is 17.7 Å². The van der Waals surface area contributed by atoms with E-state index >= 15 is 0 Å². The Morgan fingerprint density at radius 3 is 3.04 bits per heavy atom. The Labute approximate surface area is 141 Å². The van der Waals surface area contributed by atoms with Crippen LogP contribution in [0.2, 0.25) is 0 Å². The molecule has 1 aromatic rings. The van der Waals surface area contributed by atoms with Crippen LogP contribution in [-0.2, 0) is 9.59 Å². The first-order valence-corrected chi connectivity index (χ1v) is 8.77. The van der Waals surface area contributed by atoms with Crippen molar-refractivity contribution in [3.05, 3.63) is 24.4 Å². The van der Waals surface area contributed by atoms with Gasteiger partial charge in [-0.3, -0.25) is 9.59 Å². The Morgan fingerprint density at radius 2 is 2.29 bits per heavy atom. The summed E-state index contributed by atoms with van der Waals surface area (Å²) in [6.07, 6.45) is 5.41. The summed E-state index contributed by atoms with van der Waals surface area (Å²) in [4.78, 5) is 30.9. The Bertz CT molecular complexity index is 632. The van der Waals surface area contributed by atoms with Crippen molar-refractivity contribution in [1.29, 1.82) is 0 Å². The smallest absolute Gasteiger partial charge is 0.228 e. The summed E-state index contributed by atoms with van der Waals surface area (Å²) in [6.45, 7) is 2.26. The van der Waals surface area contributed by atoms with Gasteiger partial charge >= 0.3 is 0 Å². The molecule has 2 saturated heterocycles. The topological polar surface area (TPSA) is 71.5 Å². The predicted octanol–water partition coefficient (Wildman–Crippen LogP) is 1.23. The molecular weight excluding hydrogens is 306 g/mol. The minimum atomic E-state index is -0.492. The molecule has 128 valence electrons. The molecule has 6 heteroatoms. The molecule has 6 nitrogen and oxygen atoms in total. The summed E-state index contributed by atoms with van der Waals surface area (Å²) >= 11 is 0. The van der Waals surface area contributed by atoms with Crippen LogP contribution in [0, 0.1) is 17.3 Å². The molecule has 3 fully saturated rings. The quantitative estimate of drug-likeness (QED) is 0.882. The summed E-state index contributed by atoms with van der Waals surface area (Å²) in [5.41, 5.74) is -0.492. The van der Waals surface area contributed by atoms with Crippen LogP contribution in [0.1, 0.15) is 25.7 Å². The molecule has 24 heavy (non-hydrogen) atoms. The second-order valence-corrected chi connectivity index (χ2v) is 7.25. The molecule has 0 bridgehead atoms. The largest absolute Gasteiger partial charge is 0.477 e. The van der Waals surface area contributed by atoms with Crippen LogP contribution < -0.4 is 10.1 Å².